The number of nitrogens with zero attached hydrogens (tertiary/aromatic N) is 4. The van der Waals surface area contributed by atoms with E-state index >= 15 is 0 Å². The maximum Gasteiger partial charge on any atom is 0.272 e. The van der Waals surface area contributed by atoms with Crippen molar-refractivity contribution < 1.29 is 4.79 Å². The van der Waals surface area contributed by atoms with Gasteiger partial charge in [-0.15, -0.1) is 0 Å². The first kappa shape index (κ1) is 21.6. The minimum Gasteiger partial charge on any atom is -0.367 e. The van der Waals surface area contributed by atoms with Gasteiger partial charge in [0, 0.05) is 46.9 Å². The van der Waals surface area contributed by atoms with E-state index in [0.29, 0.717) is 35.2 Å². The Bertz CT molecular complexity index is 1370. The monoisotopic (exact) mass is 469 g/mol. The first-order valence-corrected chi connectivity index (χ1v) is 11.9. The summed E-state index contributed by atoms with van der Waals surface area (Å²) in [6, 6.07) is 12.5. The van der Waals surface area contributed by atoms with Crippen LogP contribution in [0, 0.1) is 12.8 Å². The average molecular weight is 470 g/mol. The Labute approximate surface area is 202 Å². The van der Waals surface area contributed by atoms with Gasteiger partial charge in [-0.2, -0.15) is 10.2 Å². The van der Waals surface area contributed by atoms with Gasteiger partial charge in [-0.05, 0) is 50.3 Å². The highest BCUT2D eigenvalue weighted by Crippen LogP contribution is 2.29. The number of carbonyl (C=O) groups is 1. The lowest BCUT2D eigenvalue weighted by Crippen LogP contribution is -2.39. The van der Waals surface area contributed by atoms with Crippen LogP contribution in [0.5, 0.6) is 0 Å². The van der Waals surface area contributed by atoms with Crippen molar-refractivity contribution in [3.8, 4) is 11.4 Å². The molecule has 4 aromatic rings. The lowest BCUT2D eigenvalue weighted by Gasteiger charge is -2.31. The molecule has 3 unspecified atom stereocenters. The van der Waals surface area contributed by atoms with Crippen LogP contribution in [0.3, 0.4) is 0 Å². The standard InChI is InChI=1S/C25H27N9O/c1-14-8-23(30-18-4-5-20-17(9-18)12-28-34-20)33-24(29-14)16-3-2-15-10-22(32-21(15)11-16)25(35)31-19-6-7-26-27-13-19/h2-3,6-8,10-11,13,17-18,20,28,32,34H,4-5,9,12H2,1H3,(H,26,31,35)(H,29,30,33). The van der Waals surface area contributed by atoms with Gasteiger partial charge in [-0.25, -0.2) is 9.97 Å². The minimum atomic E-state index is -0.239. The summed E-state index contributed by atoms with van der Waals surface area (Å²) in [7, 11) is 0. The summed E-state index contributed by atoms with van der Waals surface area (Å²) in [6.07, 6.45) is 6.43. The molecule has 1 saturated heterocycles. The van der Waals surface area contributed by atoms with Gasteiger partial charge in [-0.1, -0.05) is 12.1 Å². The molecule has 10 heteroatoms. The van der Waals surface area contributed by atoms with Crippen LogP contribution in [0.15, 0.2) is 48.8 Å². The zero-order valence-corrected chi connectivity index (χ0v) is 19.4. The van der Waals surface area contributed by atoms with Crippen molar-refractivity contribution in [2.24, 2.45) is 5.92 Å². The molecule has 3 atom stereocenters. The van der Waals surface area contributed by atoms with Crippen LogP contribution in [0.2, 0.25) is 0 Å². The van der Waals surface area contributed by atoms with E-state index in [1.807, 2.05) is 37.3 Å². The van der Waals surface area contributed by atoms with Crippen LogP contribution in [0.25, 0.3) is 22.3 Å². The number of benzene rings is 1. The van der Waals surface area contributed by atoms with E-state index < -0.39 is 0 Å². The largest absolute Gasteiger partial charge is 0.367 e. The minimum absolute atomic E-state index is 0.239. The van der Waals surface area contributed by atoms with Crippen molar-refractivity contribution in [3.05, 3.63) is 60.2 Å². The first-order chi connectivity index (χ1) is 17.1. The molecule has 2 fully saturated rings. The number of amides is 1. The van der Waals surface area contributed by atoms with Crippen LogP contribution in [0.4, 0.5) is 11.5 Å². The Morgan fingerprint density at radius 3 is 2.91 bits per heavy atom. The summed E-state index contributed by atoms with van der Waals surface area (Å²) in [5, 5.41) is 14.9. The van der Waals surface area contributed by atoms with Crippen LogP contribution < -0.4 is 21.5 Å². The summed E-state index contributed by atoms with van der Waals surface area (Å²) in [5.74, 6) is 1.93. The van der Waals surface area contributed by atoms with Crippen molar-refractivity contribution in [2.45, 2.75) is 38.3 Å². The van der Waals surface area contributed by atoms with Crippen LogP contribution in [-0.2, 0) is 0 Å². The summed E-state index contributed by atoms with van der Waals surface area (Å²) < 4.78 is 0. The molecule has 1 amide bonds. The van der Waals surface area contributed by atoms with Gasteiger partial charge in [-0.3, -0.25) is 15.6 Å². The Hall–Kier alpha value is -3.89. The fourth-order valence-corrected chi connectivity index (χ4v) is 5.06. The van der Waals surface area contributed by atoms with E-state index in [1.54, 1.807) is 6.07 Å². The number of H-pyrrole nitrogens is 1. The molecule has 1 aromatic carbocycles. The predicted molar refractivity (Wildman–Crippen MR) is 134 cm³/mol. The molecule has 0 bridgehead atoms. The third-order valence-electron chi connectivity index (χ3n) is 6.81. The second kappa shape index (κ2) is 9.05. The van der Waals surface area contributed by atoms with Gasteiger partial charge in [0.05, 0.1) is 18.1 Å². The molecule has 4 heterocycles. The highest BCUT2D eigenvalue weighted by Gasteiger charge is 2.33. The van der Waals surface area contributed by atoms with E-state index in [4.69, 9.17) is 4.98 Å². The van der Waals surface area contributed by atoms with Gasteiger partial charge in [0.25, 0.3) is 5.91 Å². The molecule has 178 valence electrons. The number of hydrogen-bond donors (Lipinski definition) is 5. The molecule has 2 aliphatic rings. The fourth-order valence-electron chi connectivity index (χ4n) is 5.06. The topological polar surface area (TPSA) is 133 Å². The lowest BCUT2D eigenvalue weighted by molar-refractivity contribution is 0.102. The molecule has 0 spiro atoms. The van der Waals surface area contributed by atoms with Crippen LogP contribution in [0.1, 0.15) is 35.4 Å². The zero-order valence-electron chi connectivity index (χ0n) is 19.4. The first-order valence-electron chi connectivity index (χ1n) is 11.9. The molecule has 10 nitrogen and oxygen atoms in total. The zero-order chi connectivity index (χ0) is 23.8. The number of rotatable bonds is 5. The summed E-state index contributed by atoms with van der Waals surface area (Å²) in [4.78, 5) is 25.4. The normalized spacial score (nSPS) is 21.6. The number of aryl methyl sites for hydroxylation is 1. The second-order valence-corrected chi connectivity index (χ2v) is 9.33. The van der Waals surface area contributed by atoms with E-state index in [9.17, 15) is 4.79 Å². The molecule has 0 radical (unpaired) electrons. The Balaban J connectivity index is 1.22. The number of hydrogen-bond acceptors (Lipinski definition) is 8. The van der Waals surface area contributed by atoms with Gasteiger partial charge < -0.3 is 15.6 Å². The number of carbonyl (C=O) groups excluding carboxylic acids is 1. The molecular weight excluding hydrogens is 442 g/mol. The van der Waals surface area contributed by atoms with Crippen molar-refractivity contribution in [2.75, 3.05) is 17.2 Å². The van der Waals surface area contributed by atoms with Gasteiger partial charge in [0.15, 0.2) is 5.82 Å². The summed E-state index contributed by atoms with van der Waals surface area (Å²) >= 11 is 0. The summed E-state index contributed by atoms with van der Waals surface area (Å²) in [5.41, 5.74) is 10.4. The Morgan fingerprint density at radius 1 is 1.09 bits per heavy atom. The maximum absolute atomic E-state index is 12.7. The molecule has 1 aliphatic heterocycles. The van der Waals surface area contributed by atoms with Crippen molar-refractivity contribution in [1.29, 1.82) is 0 Å². The highest BCUT2D eigenvalue weighted by atomic mass is 16.1. The number of fused-ring (bicyclic) bond motifs is 2. The third kappa shape index (κ3) is 4.58. The number of aromatic amines is 1. The van der Waals surface area contributed by atoms with Crippen LogP contribution in [-0.4, -0.2) is 49.7 Å². The van der Waals surface area contributed by atoms with Crippen molar-refractivity contribution >= 4 is 28.3 Å². The second-order valence-electron chi connectivity index (χ2n) is 9.33. The lowest BCUT2D eigenvalue weighted by atomic mass is 9.83. The van der Waals surface area contributed by atoms with Gasteiger partial charge >= 0.3 is 0 Å². The number of anilines is 2. The predicted octanol–water partition coefficient (Wildman–Crippen LogP) is 3.03. The molecule has 1 saturated carbocycles. The van der Waals surface area contributed by atoms with E-state index in [1.165, 1.54) is 12.4 Å². The smallest absolute Gasteiger partial charge is 0.272 e. The van der Waals surface area contributed by atoms with Crippen molar-refractivity contribution in [3.63, 3.8) is 0 Å². The Morgan fingerprint density at radius 2 is 2.03 bits per heavy atom. The van der Waals surface area contributed by atoms with E-state index in [0.717, 1.165) is 53.8 Å². The molecular formula is C25H27N9O. The van der Waals surface area contributed by atoms with E-state index in [-0.39, 0.29) is 5.91 Å². The van der Waals surface area contributed by atoms with E-state index in [2.05, 4.69) is 41.7 Å². The molecule has 6 rings (SSSR count). The fraction of sp³-hybridized carbons (Fsp3) is 0.320. The number of hydrazine groups is 1. The molecule has 5 N–H and O–H groups in total. The molecule has 3 aromatic heterocycles. The number of nitrogens with one attached hydrogen (secondary N) is 5. The van der Waals surface area contributed by atoms with Gasteiger partial charge in [0.2, 0.25) is 0 Å². The summed E-state index contributed by atoms with van der Waals surface area (Å²) in [6.45, 7) is 3.01. The molecule has 1 aliphatic carbocycles. The molecule has 35 heavy (non-hydrogen) atoms. The third-order valence-corrected chi connectivity index (χ3v) is 6.81. The average Bonchev–Trinajstić information content (AvgIpc) is 3.50. The SMILES string of the molecule is Cc1cc(NC2CCC3NNCC3C2)nc(-c2ccc3cc(C(=O)Nc4ccnnc4)[nH]c3c2)n1. The maximum atomic E-state index is 12.7. The quantitative estimate of drug-likeness (QED) is 0.301. The number of aromatic nitrogens is 5. The Kier molecular flexibility index (Phi) is 5.59. The highest BCUT2D eigenvalue weighted by molar-refractivity contribution is 6.06. The van der Waals surface area contributed by atoms with Crippen molar-refractivity contribution in [1.82, 2.24) is 36.0 Å². The van der Waals surface area contributed by atoms with Crippen LogP contribution >= 0.6 is 0 Å². The van der Waals surface area contributed by atoms with Gasteiger partial charge in [0.1, 0.15) is 11.5 Å².